The highest BCUT2D eigenvalue weighted by molar-refractivity contribution is 5.78. The number of aryl methyl sites for hydroxylation is 1. The van der Waals surface area contributed by atoms with Gasteiger partial charge in [-0.15, -0.1) is 0 Å². The van der Waals surface area contributed by atoms with Crippen LogP contribution >= 0.6 is 0 Å². The number of halogens is 1. The molecule has 0 saturated carbocycles. The molecule has 1 amide bonds. The number of rotatable bonds is 8. The molecule has 0 radical (unpaired) electrons. The van der Waals surface area contributed by atoms with Crippen molar-refractivity contribution in [3.63, 3.8) is 0 Å². The molecule has 0 aliphatic carbocycles. The topological polar surface area (TPSA) is 44.4 Å². The molecule has 0 aromatic heterocycles. The molecular formula is C18H28FN3O. The summed E-state index contributed by atoms with van der Waals surface area (Å²) in [6.45, 7) is 7.95. The van der Waals surface area contributed by atoms with Crippen LogP contribution in [0.5, 0.6) is 0 Å². The van der Waals surface area contributed by atoms with E-state index >= 15 is 0 Å². The maximum Gasteiger partial charge on any atom is 0.222 e. The molecule has 128 valence electrons. The standard InChI is InChI=1S/C18H28FN3O/c1-15(7-8-16-5-2-3-6-17(16)19)18(23)21-9-4-12-22-13-10-20-11-14-22/h2-3,5-6,15,20H,4,7-14H2,1H3,(H,21,23). The summed E-state index contributed by atoms with van der Waals surface area (Å²) in [5.74, 6) is -0.202. The first kappa shape index (κ1) is 17.9. The Morgan fingerprint density at radius 2 is 2.09 bits per heavy atom. The summed E-state index contributed by atoms with van der Waals surface area (Å²) in [7, 11) is 0. The van der Waals surface area contributed by atoms with Gasteiger partial charge in [0.1, 0.15) is 5.82 Å². The number of amides is 1. The van der Waals surface area contributed by atoms with Gasteiger partial charge in [0.25, 0.3) is 0 Å². The lowest BCUT2D eigenvalue weighted by molar-refractivity contribution is -0.124. The summed E-state index contributed by atoms with van der Waals surface area (Å²) in [4.78, 5) is 14.5. The van der Waals surface area contributed by atoms with E-state index in [0.29, 0.717) is 24.9 Å². The fourth-order valence-corrected chi connectivity index (χ4v) is 2.83. The van der Waals surface area contributed by atoms with Gasteiger partial charge in [-0.25, -0.2) is 4.39 Å². The Morgan fingerprint density at radius 1 is 1.35 bits per heavy atom. The van der Waals surface area contributed by atoms with E-state index in [4.69, 9.17) is 0 Å². The summed E-state index contributed by atoms with van der Waals surface area (Å²) in [6, 6.07) is 6.77. The Hall–Kier alpha value is -1.46. The Morgan fingerprint density at radius 3 is 2.83 bits per heavy atom. The van der Waals surface area contributed by atoms with E-state index in [1.165, 1.54) is 6.07 Å². The number of nitrogens with zero attached hydrogens (tertiary/aromatic N) is 1. The Kier molecular flexibility index (Phi) is 7.49. The fraction of sp³-hybridized carbons (Fsp3) is 0.611. The minimum absolute atomic E-state index is 0.0710. The summed E-state index contributed by atoms with van der Waals surface area (Å²) in [6.07, 6.45) is 2.25. The molecule has 0 bridgehead atoms. The van der Waals surface area contributed by atoms with E-state index in [9.17, 15) is 9.18 Å². The lowest BCUT2D eigenvalue weighted by atomic mass is 10.00. The van der Waals surface area contributed by atoms with Gasteiger partial charge in [0.2, 0.25) is 5.91 Å². The van der Waals surface area contributed by atoms with Crippen molar-refractivity contribution >= 4 is 5.91 Å². The van der Waals surface area contributed by atoms with E-state index in [1.807, 2.05) is 13.0 Å². The van der Waals surface area contributed by atoms with E-state index in [0.717, 1.165) is 39.1 Å². The van der Waals surface area contributed by atoms with Gasteiger partial charge in [0, 0.05) is 38.6 Å². The highest BCUT2D eigenvalue weighted by atomic mass is 19.1. The SMILES string of the molecule is CC(CCc1ccccc1F)C(=O)NCCCN1CCNCC1. The Labute approximate surface area is 138 Å². The van der Waals surface area contributed by atoms with Crippen molar-refractivity contribution < 1.29 is 9.18 Å². The number of benzene rings is 1. The van der Waals surface area contributed by atoms with Crippen LogP contribution < -0.4 is 10.6 Å². The lowest BCUT2D eigenvalue weighted by Crippen LogP contribution is -2.44. The molecule has 2 N–H and O–H groups in total. The molecule has 5 heteroatoms. The van der Waals surface area contributed by atoms with Gasteiger partial charge < -0.3 is 15.5 Å². The van der Waals surface area contributed by atoms with E-state index < -0.39 is 0 Å². The van der Waals surface area contributed by atoms with Gasteiger partial charge in [0.05, 0.1) is 0 Å². The number of carbonyl (C=O) groups is 1. The van der Waals surface area contributed by atoms with Gasteiger partial charge in [-0.1, -0.05) is 25.1 Å². The molecule has 1 atom stereocenters. The van der Waals surface area contributed by atoms with Crippen molar-refractivity contribution in [1.29, 1.82) is 0 Å². The van der Waals surface area contributed by atoms with Gasteiger partial charge in [-0.2, -0.15) is 0 Å². The number of hydrogen-bond donors (Lipinski definition) is 2. The molecule has 4 nitrogen and oxygen atoms in total. The predicted octanol–water partition coefficient (Wildman–Crippen LogP) is 1.81. The minimum Gasteiger partial charge on any atom is -0.356 e. The second-order valence-corrected chi connectivity index (χ2v) is 6.27. The Bertz CT molecular complexity index is 489. The van der Waals surface area contributed by atoms with Crippen LogP contribution in [0.15, 0.2) is 24.3 Å². The average Bonchev–Trinajstić information content (AvgIpc) is 2.58. The van der Waals surface area contributed by atoms with E-state index in [-0.39, 0.29) is 17.6 Å². The zero-order valence-electron chi connectivity index (χ0n) is 14.0. The lowest BCUT2D eigenvalue weighted by Gasteiger charge is -2.27. The Balaban J connectivity index is 1.60. The maximum absolute atomic E-state index is 13.6. The fourth-order valence-electron chi connectivity index (χ4n) is 2.83. The summed E-state index contributed by atoms with van der Waals surface area (Å²) < 4.78 is 13.6. The van der Waals surface area contributed by atoms with Crippen LogP contribution in [-0.4, -0.2) is 50.1 Å². The maximum atomic E-state index is 13.6. The molecule has 1 aromatic rings. The zero-order valence-corrected chi connectivity index (χ0v) is 14.0. The van der Waals surface area contributed by atoms with Crippen molar-refractivity contribution in [3.8, 4) is 0 Å². The number of piperazine rings is 1. The van der Waals surface area contributed by atoms with Crippen molar-refractivity contribution in [2.24, 2.45) is 5.92 Å². The monoisotopic (exact) mass is 321 g/mol. The molecular weight excluding hydrogens is 293 g/mol. The third-order valence-corrected chi connectivity index (χ3v) is 4.41. The minimum atomic E-state index is -0.184. The first-order valence-corrected chi connectivity index (χ1v) is 8.61. The molecule has 23 heavy (non-hydrogen) atoms. The molecule has 1 fully saturated rings. The van der Waals surface area contributed by atoms with Gasteiger partial charge >= 0.3 is 0 Å². The van der Waals surface area contributed by atoms with E-state index in [2.05, 4.69) is 15.5 Å². The van der Waals surface area contributed by atoms with E-state index in [1.54, 1.807) is 12.1 Å². The number of hydrogen-bond acceptors (Lipinski definition) is 3. The smallest absolute Gasteiger partial charge is 0.222 e. The zero-order chi connectivity index (χ0) is 16.5. The van der Waals surface area contributed by atoms with Crippen molar-refractivity contribution in [2.75, 3.05) is 39.3 Å². The quantitative estimate of drug-likeness (QED) is 0.718. The molecule has 1 aliphatic rings. The molecule has 2 rings (SSSR count). The molecule has 1 heterocycles. The molecule has 1 aliphatic heterocycles. The van der Waals surface area contributed by atoms with Gasteiger partial charge in [-0.3, -0.25) is 4.79 Å². The normalized spacial score (nSPS) is 17.0. The molecule has 0 spiro atoms. The van der Waals surface area contributed by atoms with Crippen LogP contribution in [0.25, 0.3) is 0 Å². The first-order chi connectivity index (χ1) is 11.2. The average molecular weight is 321 g/mol. The summed E-state index contributed by atoms with van der Waals surface area (Å²) in [5, 5.41) is 6.33. The third-order valence-electron chi connectivity index (χ3n) is 4.41. The number of nitrogens with one attached hydrogen (secondary N) is 2. The summed E-state index contributed by atoms with van der Waals surface area (Å²) >= 11 is 0. The van der Waals surface area contributed by atoms with Crippen molar-refractivity contribution in [2.45, 2.75) is 26.2 Å². The van der Waals surface area contributed by atoms with Crippen LogP contribution in [0.2, 0.25) is 0 Å². The molecule has 1 saturated heterocycles. The van der Waals surface area contributed by atoms with Crippen LogP contribution in [0.4, 0.5) is 4.39 Å². The summed E-state index contributed by atoms with van der Waals surface area (Å²) in [5.41, 5.74) is 0.686. The van der Waals surface area contributed by atoms with Crippen molar-refractivity contribution in [3.05, 3.63) is 35.6 Å². The van der Waals surface area contributed by atoms with Gasteiger partial charge in [-0.05, 0) is 37.4 Å². The molecule has 1 unspecified atom stereocenters. The highest BCUT2D eigenvalue weighted by Crippen LogP contribution is 2.13. The van der Waals surface area contributed by atoms with Crippen LogP contribution in [0, 0.1) is 11.7 Å². The van der Waals surface area contributed by atoms with Crippen molar-refractivity contribution in [1.82, 2.24) is 15.5 Å². The second kappa shape index (κ2) is 9.63. The largest absolute Gasteiger partial charge is 0.356 e. The van der Waals surface area contributed by atoms with Crippen LogP contribution in [0.1, 0.15) is 25.3 Å². The second-order valence-electron chi connectivity index (χ2n) is 6.27. The predicted molar refractivity (Wildman–Crippen MR) is 90.8 cm³/mol. The van der Waals surface area contributed by atoms with Gasteiger partial charge in [0.15, 0.2) is 0 Å². The van der Waals surface area contributed by atoms with Crippen LogP contribution in [0.3, 0.4) is 0 Å². The first-order valence-electron chi connectivity index (χ1n) is 8.61. The van der Waals surface area contributed by atoms with Crippen LogP contribution in [-0.2, 0) is 11.2 Å². The third kappa shape index (κ3) is 6.28. The number of carbonyl (C=O) groups excluding carboxylic acids is 1. The highest BCUT2D eigenvalue weighted by Gasteiger charge is 2.14. The molecule has 1 aromatic carbocycles.